The van der Waals surface area contributed by atoms with E-state index in [0.717, 1.165) is 50.5 Å². The number of nitrogens with zero attached hydrogens (tertiary/aromatic N) is 4. The number of fused-ring (bicyclic) bond motifs is 2. The van der Waals surface area contributed by atoms with Crippen LogP contribution in [0.5, 0.6) is 5.75 Å². The van der Waals surface area contributed by atoms with Crippen LogP contribution in [-0.2, 0) is 0 Å². The third kappa shape index (κ3) is 2.97. The van der Waals surface area contributed by atoms with Crippen LogP contribution in [0.2, 0.25) is 0 Å². The number of aromatic amines is 2. The molecular formula is C24H15FN6O. The number of H-pyrrole nitrogens is 2. The normalized spacial score (nSPS) is 11.4. The first-order valence-electron chi connectivity index (χ1n) is 9.87. The van der Waals surface area contributed by atoms with Gasteiger partial charge >= 0.3 is 0 Å². The van der Waals surface area contributed by atoms with Crippen LogP contribution in [-0.4, -0.2) is 35.2 Å². The zero-order valence-electron chi connectivity index (χ0n) is 16.5. The summed E-state index contributed by atoms with van der Waals surface area (Å²) in [6.45, 7) is 0. The van der Waals surface area contributed by atoms with Gasteiger partial charge in [-0.15, -0.1) is 0 Å². The molecule has 6 aromatic rings. The van der Waals surface area contributed by atoms with Crippen molar-refractivity contribution in [1.29, 1.82) is 0 Å². The Labute approximate surface area is 180 Å². The second kappa shape index (κ2) is 6.98. The topological polar surface area (TPSA) is 103 Å². The summed E-state index contributed by atoms with van der Waals surface area (Å²) in [7, 11) is 0. The van der Waals surface area contributed by atoms with Crippen LogP contribution >= 0.6 is 0 Å². The van der Waals surface area contributed by atoms with Gasteiger partial charge in [0.05, 0.1) is 34.8 Å². The molecule has 0 saturated heterocycles. The lowest BCUT2D eigenvalue weighted by atomic mass is 10.0. The standard InChI is InChI=1S/C24H15FN6O/c25-15-5-14(6-16(32)8-15)19-10-27-12-23-17(19)9-21(29-23)24-18-7-13(1-2-20(18)30-31-24)22-11-26-3-4-28-22/h1-12,29,32H,(H,30,31). The molecule has 0 aliphatic rings. The maximum Gasteiger partial charge on any atom is 0.127 e. The van der Waals surface area contributed by atoms with Crippen molar-refractivity contribution >= 4 is 21.8 Å². The minimum absolute atomic E-state index is 0.136. The molecule has 7 nitrogen and oxygen atoms in total. The molecule has 4 heterocycles. The molecule has 6 rings (SSSR count). The van der Waals surface area contributed by atoms with Crippen molar-refractivity contribution in [2.24, 2.45) is 0 Å². The van der Waals surface area contributed by atoms with Crippen LogP contribution in [0.3, 0.4) is 0 Å². The quantitative estimate of drug-likeness (QED) is 0.369. The first kappa shape index (κ1) is 18.2. The third-order valence-corrected chi connectivity index (χ3v) is 5.42. The van der Waals surface area contributed by atoms with Gasteiger partial charge in [0.15, 0.2) is 0 Å². The van der Waals surface area contributed by atoms with Crippen LogP contribution in [0.4, 0.5) is 4.39 Å². The lowest BCUT2D eigenvalue weighted by molar-refractivity contribution is 0.469. The molecule has 154 valence electrons. The molecule has 0 atom stereocenters. The first-order chi connectivity index (χ1) is 15.7. The summed E-state index contributed by atoms with van der Waals surface area (Å²) in [5, 5.41) is 19.2. The minimum atomic E-state index is -0.511. The fraction of sp³-hybridized carbons (Fsp3) is 0. The summed E-state index contributed by atoms with van der Waals surface area (Å²) in [6, 6.07) is 11.9. The highest BCUT2D eigenvalue weighted by molar-refractivity contribution is 6.01. The van der Waals surface area contributed by atoms with E-state index in [1.54, 1.807) is 31.0 Å². The fourth-order valence-electron chi connectivity index (χ4n) is 3.97. The van der Waals surface area contributed by atoms with Gasteiger partial charge in [0.1, 0.15) is 17.3 Å². The van der Waals surface area contributed by atoms with E-state index in [1.807, 2.05) is 24.3 Å². The molecule has 2 aromatic carbocycles. The number of nitrogens with one attached hydrogen (secondary N) is 2. The SMILES string of the molecule is Oc1cc(F)cc(-c2cncc3[nH]c(-c4n[nH]c5ccc(-c6cnccn6)cc45)cc23)c1. The summed E-state index contributed by atoms with van der Waals surface area (Å²) in [4.78, 5) is 16.2. The Balaban J connectivity index is 1.52. The lowest BCUT2D eigenvalue weighted by Crippen LogP contribution is -1.84. The van der Waals surface area contributed by atoms with Crippen molar-refractivity contribution in [2.75, 3.05) is 0 Å². The highest BCUT2D eigenvalue weighted by Gasteiger charge is 2.15. The van der Waals surface area contributed by atoms with Crippen molar-refractivity contribution in [1.82, 2.24) is 30.1 Å². The van der Waals surface area contributed by atoms with E-state index in [0.29, 0.717) is 11.1 Å². The van der Waals surface area contributed by atoms with Crippen molar-refractivity contribution < 1.29 is 9.50 Å². The molecule has 0 unspecified atom stereocenters. The van der Waals surface area contributed by atoms with Gasteiger partial charge in [0, 0.05) is 46.6 Å². The van der Waals surface area contributed by atoms with E-state index in [9.17, 15) is 9.50 Å². The molecule has 32 heavy (non-hydrogen) atoms. The van der Waals surface area contributed by atoms with Gasteiger partial charge in [-0.05, 0) is 35.9 Å². The largest absolute Gasteiger partial charge is 0.508 e. The summed E-state index contributed by atoms with van der Waals surface area (Å²) < 4.78 is 13.9. The lowest BCUT2D eigenvalue weighted by Gasteiger charge is -2.04. The van der Waals surface area contributed by atoms with Crippen molar-refractivity contribution in [3.63, 3.8) is 0 Å². The summed E-state index contributed by atoms with van der Waals surface area (Å²) in [6.07, 6.45) is 8.38. The number of hydrogen-bond donors (Lipinski definition) is 3. The molecule has 0 amide bonds. The average Bonchev–Trinajstić information content (AvgIpc) is 3.42. The van der Waals surface area contributed by atoms with Crippen molar-refractivity contribution in [3.8, 4) is 39.5 Å². The second-order valence-electron chi connectivity index (χ2n) is 7.45. The summed E-state index contributed by atoms with van der Waals surface area (Å²) >= 11 is 0. The van der Waals surface area contributed by atoms with Gasteiger partial charge in [-0.1, -0.05) is 6.07 Å². The molecule has 0 aliphatic carbocycles. The Morgan fingerprint density at radius 1 is 0.812 bits per heavy atom. The zero-order valence-corrected chi connectivity index (χ0v) is 16.5. The number of hydrogen-bond acceptors (Lipinski definition) is 5. The minimum Gasteiger partial charge on any atom is -0.508 e. The predicted molar refractivity (Wildman–Crippen MR) is 119 cm³/mol. The highest BCUT2D eigenvalue weighted by Crippen LogP contribution is 2.35. The van der Waals surface area contributed by atoms with E-state index >= 15 is 0 Å². The maximum absolute atomic E-state index is 13.9. The number of benzene rings is 2. The summed E-state index contributed by atoms with van der Waals surface area (Å²) in [5.74, 6) is -0.648. The number of aromatic nitrogens is 6. The smallest absolute Gasteiger partial charge is 0.127 e. The van der Waals surface area contributed by atoms with E-state index in [2.05, 4.69) is 30.1 Å². The van der Waals surface area contributed by atoms with Gasteiger partial charge < -0.3 is 10.1 Å². The average molecular weight is 422 g/mol. The van der Waals surface area contributed by atoms with Crippen LogP contribution in [0.1, 0.15) is 0 Å². The zero-order chi connectivity index (χ0) is 21.7. The van der Waals surface area contributed by atoms with Gasteiger partial charge in [-0.25, -0.2) is 4.39 Å². The molecule has 4 aromatic heterocycles. The van der Waals surface area contributed by atoms with Gasteiger partial charge in [-0.2, -0.15) is 5.10 Å². The number of halogens is 1. The van der Waals surface area contributed by atoms with Crippen LogP contribution in [0, 0.1) is 5.82 Å². The van der Waals surface area contributed by atoms with E-state index in [-0.39, 0.29) is 5.75 Å². The highest BCUT2D eigenvalue weighted by atomic mass is 19.1. The number of aromatic hydroxyl groups is 1. The van der Waals surface area contributed by atoms with E-state index in [1.165, 1.54) is 12.1 Å². The van der Waals surface area contributed by atoms with E-state index < -0.39 is 5.82 Å². The Morgan fingerprint density at radius 2 is 1.75 bits per heavy atom. The van der Waals surface area contributed by atoms with Crippen molar-refractivity contribution in [3.05, 3.63) is 79.3 Å². The van der Waals surface area contributed by atoms with Crippen LogP contribution in [0.15, 0.2) is 73.4 Å². The number of phenolic OH excluding ortho intramolecular Hbond substituents is 1. The molecule has 8 heteroatoms. The van der Waals surface area contributed by atoms with Crippen molar-refractivity contribution in [2.45, 2.75) is 0 Å². The molecular weight excluding hydrogens is 407 g/mol. The summed E-state index contributed by atoms with van der Waals surface area (Å²) in [5.41, 5.74) is 6.16. The molecule has 0 saturated carbocycles. The monoisotopic (exact) mass is 422 g/mol. The Hall–Kier alpha value is -4.59. The molecule has 0 bridgehead atoms. The predicted octanol–water partition coefficient (Wildman–Crippen LogP) is 5.07. The number of pyridine rings is 1. The third-order valence-electron chi connectivity index (χ3n) is 5.42. The molecule has 0 radical (unpaired) electrons. The molecule has 0 spiro atoms. The Kier molecular flexibility index (Phi) is 3.97. The molecule has 0 fully saturated rings. The molecule has 3 N–H and O–H groups in total. The Morgan fingerprint density at radius 3 is 2.59 bits per heavy atom. The first-order valence-corrected chi connectivity index (χ1v) is 9.87. The van der Waals surface area contributed by atoms with Gasteiger partial charge in [0.2, 0.25) is 0 Å². The fourth-order valence-corrected chi connectivity index (χ4v) is 3.97. The van der Waals surface area contributed by atoms with Gasteiger partial charge in [-0.3, -0.25) is 20.1 Å². The van der Waals surface area contributed by atoms with Crippen LogP contribution in [0.25, 0.3) is 55.6 Å². The molecule has 0 aliphatic heterocycles. The van der Waals surface area contributed by atoms with Crippen LogP contribution < -0.4 is 0 Å². The van der Waals surface area contributed by atoms with Gasteiger partial charge in [0.25, 0.3) is 0 Å². The Bertz CT molecular complexity index is 1590. The second-order valence-corrected chi connectivity index (χ2v) is 7.45. The number of rotatable bonds is 3. The maximum atomic E-state index is 13.9. The van der Waals surface area contributed by atoms with E-state index in [4.69, 9.17) is 0 Å². The number of phenols is 1.